The fourth-order valence-corrected chi connectivity index (χ4v) is 3.71. The molecule has 0 saturated heterocycles. The number of benzene rings is 1. The Kier molecular flexibility index (Phi) is 6.37. The van der Waals surface area contributed by atoms with Gasteiger partial charge >= 0.3 is 0 Å². The Morgan fingerprint density at radius 3 is 2.76 bits per heavy atom. The first-order valence-corrected chi connectivity index (χ1v) is 8.66. The van der Waals surface area contributed by atoms with Crippen LogP contribution in [-0.4, -0.2) is 25.4 Å². The number of nitrogens with one attached hydrogen (secondary N) is 1. The molecule has 2 unspecified atom stereocenters. The lowest BCUT2D eigenvalue weighted by molar-refractivity contribution is 0.0935. The van der Waals surface area contributed by atoms with Gasteiger partial charge in [-0.05, 0) is 58.8 Å². The van der Waals surface area contributed by atoms with Crippen molar-refractivity contribution in [1.82, 2.24) is 5.32 Å². The van der Waals surface area contributed by atoms with E-state index < -0.39 is 0 Å². The van der Waals surface area contributed by atoms with Gasteiger partial charge < -0.3 is 10.1 Å². The molecule has 1 amide bonds. The maximum atomic E-state index is 12.3. The first-order chi connectivity index (χ1) is 10.2. The van der Waals surface area contributed by atoms with Crippen molar-refractivity contribution in [2.24, 2.45) is 11.8 Å². The van der Waals surface area contributed by atoms with Crippen molar-refractivity contribution in [3.8, 4) is 5.75 Å². The SMILES string of the molecule is COc1ccc(Br)c(C(=O)NCC2CCCCC2CCl)c1. The third-order valence-electron chi connectivity index (χ3n) is 4.21. The lowest BCUT2D eigenvalue weighted by atomic mass is 9.80. The van der Waals surface area contributed by atoms with E-state index in [-0.39, 0.29) is 5.91 Å². The van der Waals surface area contributed by atoms with Gasteiger partial charge in [-0.1, -0.05) is 12.8 Å². The summed E-state index contributed by atoms with van der Waals surface area (Å²) in [6, 6.07) is 5.40. The molecule has 1 N–H and O–H groups in total. The normalized spacial score (nSPS) is 21.9. The summed E-state index contributed by atoms with van der Waals surface area (Å²) in [5, 5.41) is 3.04. The van der Waals surface area contributed by atoms with Gasteiger partial charge in [0, 0.05) is 16.9 Å². The zero-order valence-electron chi connectivity index (χ0n) is 12.2. The third-order valence-corrected chi connectivity index (χ3v) is 5.30. The molecule has 0 aromatic heterocycles. The molecule has 0 spiro atoms. The van der Waals surface area contributed by atoms with E-state index in [1.807, 2.05) is 12.1 Å². The molecule has 1 aromatic carbocycles. The number of rotatable bonds is 5. The average Bonchev–Trinajstić information content (AvgIpc) is 2.53. The highest BCUT2D eigenvalue weighted by molar-refractivity contribution is 9.10. The molecule has 0 bridgehead atoms. The Hall–Kier alpha value is -0.740. The molecule has 1 aliphatic rings. The van der Waals surface area contributed by atoms with Gasteiger partial charge in [0.25, 0.3) is 5.91 Å². The zero-order valence-corrected chi connectivity index (χ0v) is 14.5. The minimum absolute atomic E-state index is 0.0697. The van der Waals surface area contributed by atoms with Crippen molar-refractivity contribution in [2.45, 2.75) is 25.7 Å². The molecule has 1 aliphatic carbocycles. The Bertz CT molecular complexity index is 495. The van der Waals surface area contributed by atoms with Crippen LogP contribution < -0.4 is 10.1 Å². The monoisotopic (exact) mass is 373 g/mol. The van der Waals surface area contributed by atoms with Crippen molar-refractivity contribution in [3.63, 3.8) is 0 Å². The van der Waals surface area contributed by atoms with Crippen LogP contribution in [0, 0.1) is 11.8 Å². The second kappa shape index (κ2) is 8.04. The summed E-state index contributed by atoms with van der Waals surface area (Å²) in [6.45, 7) is 0.694. The summed E-state index contributed by atoms with van der Waals surface area (Å²) < 4.78 is 5.95. The molecule has 1 fully saturated rings. The molecule has 2 rings (SSSR count). The highest BCUT2D eigenvalue weighted by atomic mass is 79.9. The second-order valence-electron chi connectivity index (χ2n) is 5.51. The quantitative estimate of drug-likeness (QED) is 0.783. The Labute approximate surface area is 139 Å². The number of hydrogen-bond acceptors (Lipinski definition) is 2. The standard InChI is InChI=1S/C16H21BrClNO2/c1-21-13-6-7-15(17)14(8-13)16(20)19-10-12-5-3-2-4-11(12)9-18/h6-8,11-12H,2-5,9-10H2,1H3,(H,19,20). The highest BCUT2D eigenvalue weighted by Gasteiger charge is 2.25. The highest BCUT2D eigenvalue weighted by Crippen LogP contribution is 2.30. The number of carbonyl (C=O) groups is 1. The summed E-state index contributed by atoms with van der Waals surface area (Å²) in [7, 11) is 1.60. The van der Waals surface area contributed by atoms with Crippen LogP contribution in [-0.2, 0) is 0 Å². The van der Waals surface area contributed by atoms with Crippen LogP contribution in [0.25, 0.3) is 0 Å². The molecular formula is C16H21BrClNO2. The number of hydrogen-bond donors (Lipinski definition) is 1. The lowest BCUT2D eigenvalue weighted by Crippen LogP contribution is -2.35. The van der Waals surface area contributed by atoms with E-state index in [0.717, 1.165) is 10.9 Å². The third kappa shape index (κ3) is 4.36. The molecular weight excluding hydrogens is 354 g/mol. The van der Waals surface area contributed by atoms with Gasteiger partial charge in [0.1, 0.15) is 5.75 Å². The summed E-state index contributed by atoms with van der Waals surface area (Å²) >= 11 is 9.45. The van der Waals surface area contributed by atoms with Gasteiger partial charge in [0.05, 0.1) is 12.7 Å². The molecule has 2 atom stereocenters. The fourth-order valence-electron chi connectivity index (χ4n) is 2.88. The molecule has 1 saturated carbocycles. The van der Waals surface area contributed by atoms with Crippen LogP contribution in [0.15, 0.2) is 22.7 Å². The topological polar surface area (TPSA) is 38.3 Å². The predicted octanol–water partition coefficient (Wildman–Crippen LogP) is 4.23. The van der Waals surface area contributed by atoms with E-state index in [1.54, 1.807) is 13.2 Å². The maximum absolute atomic E-state index is 12.3. The van der Waals surface area contributed by atoms with Crippen LogP contribution >= 0.6 is 27.5 Å². The van der Waals surface area contributed by atoms with Gasteiger partial charge in [0.2, 0.25) is 0 Å². The van der Waals surface area contributed by atoms with Gasteiger partial charge in [-0.25, -0.2) is 0 Å². The largest absolute Gasteiger partial charge is 0.497 e. The number of methoxy groups -OCH3 is 1. The van der Waals surface area contributed by atoms with Crippen molar-refractivity contribution in [1.29, 1.82) is 0 Å². The van der Waals surface area contributed by atoms with E-state index in [4.69, 9.17) is 16.3 Å². The molecule has 0 heterocycles. The molecule has 116 valence electrons. The average molecular weight is 375 g/mol. The number of alkyl halides is 1. The Balaban J connectivity index is 1.98. The molecule has 1 aromatic rings. The molecule has 3 nitrogen and oxygen atoms in total. The van der Waals surface area contributed by atoms with E-state index in [1.165, 1.54) is 19.3 Å². The number of halogens is 2. The van der Waals surface area contributed by atoms with Gasteiger partial charge in [0.15, 0.2) is 0 Å². The van der Waals surface area contributed by atoms with Gasteiger partial charge in [-0.3, -0.25) is 4.79 Å². The number of amides is 1. The van der Waals surface area contributed by atoms with Crippen LogP contribution in [0.2, 0.25) is 0 Å². The van der Waals surface area contributed by atoms with Crippen LogP contribution in [0.4, 0.5) is 0 Å². The van der Waals surface area contributed by atoms with Gasteiger partial charge in [-0.15, -0.1) is 11.6 Å². The first-order valence-electron chi connectivity index (χ1n) is 7.33. The number of ether oxygens (including phenoxy) is 1. The second-order valence-corrected chi connectivity index (χ2v) is 6.68. The van der Waals surface area contributed by atoms with E-state index in [0.29, 0.717) is 35.6 Å². The Morgan fingerprint density at radius 2 is 2.10 bits per heavy atom. The van der Waals surface area contributed by atoms with Crippen LogP contribution in [0.3, 0.4) is 0 Å². The van der Waals surface area contributed by atoms with Crippen molar-refractivity contribution < 1.29 is 9.53 Å². The van der Waals surface area contributed by atoms with Crippen LogP contribution in [0.1, 0.15) is 36.0 Å². The molecule has 5 heteroatoms. The van der Waals surface area contributed by atoms with Gasteiger partial charge in [-0.2, -0.15) is 0 Å². The number of carbonyl (C=O) groups excluding carboxylic acids is 1. The van der Waals surface area contributed by atoms with Crippen LogP contribution in [0.5, 0.6) is 5.75 Å². The first kappa shape index (κ1) is 16.6. The minimum atomic E-state index is -0.0697. The zero-order chi connectivity index (χ0) is 15.2. The lowest BCUT2D eigenvalue weighted by Gasteiger charge is -2.30. The summed E-state index contributed by atoms with van der Waals surface area (Å²) in [6.07, 6.45) is 4.81. The fraction of sp³-hybridized carbons (Fsp3) is 0.562. The Morgan fingerprint density at radius 1 is 1.38 bits per heavy atom. The molecule has 0 aliphatic heterocycles. The van der Waals surface area contributed by atoms with Crippen molar-refractivity contribution in [3.05, 3.63) is 28.2 Å². The summed E-state index contributed by atoms with van der Waals surface area (Å²) in [4.78, 5) is 12.3. The molecule has 0 radical (unpaired) electrons. The smallest absolute Gasteiger partial charge is 0.252 e. The molecule has 21 heavy (non-hydrogen) atoms. The van der Waals surface area contributed by atoms with Crippen molar-refractivity contribution in [2.75, 3.05) is 19.5 Å². The minimum Gasteiger partial charge on any atom is -0.497 e. The van der Waals surface area contributed by atoms with Crippen molar-refractivity contribution >= 4 is 33.4 Å². The maximum Gasteiger partial charge on any atom is 0.252 e. The predicted molar refractivity (Wildman–Crippen MR) is 89.2 cm³/mol. The van der Waals surface area contributed by atoms with E-state index >= 15 is 0 Å². The van der Waals surface area contributed by atoms with E-state index in [2.05, 4.69) is 21.2 Å². The summed E-state index contributed by atoms with van der Waals surface area (Å²) in [5.41, 5.74) is 0.604. The summed E-state index contributed by atoms with van der Waals surface area (Å²) in [5.74, 6) is 2.31. The van der Waals surface area contributed by atoms with E-state index in [9.17, 15) is 4.79 Å².